The van der Waals surface area contributed by atoms with Gasteiger partial charge < -0.3 is 10.1 Å². The van der Waals surface area contributed by atoms with Crippen LogP contribution in [-0.2, 0) is 4.79 Å². The number of anilines is 1. The predicted molar refractivity (Wildman–Crippen MR) is 131 cm³/mol. The molecule has 0 heterocycles. The number of carbonyl (C=O) groups is 2. The summed E-state index contributed by atoms with van der Waals surface area (Å²) >= 11 is 14.1. The van der Waals surface area contributed by atoms with Gasteiger partial charge in [-0.3, -0.25) is 9.59 Å². The van der Waals surface area contributed by atoms with Gasteiger partial charge in [0.1, 0.15) is 5.75 Å². The maximum atomic E-state index is 12.1. The lowest BCUT2D eigenvalue weighted by Crippen LogP contribution is -2.20. The van der Waals surface area contributed by atoms with Crippen molar-refractivity contribution >= 4 is 69.5 Å². The second-order valence-electron chi connectivity index (χ2n) is 6.24. The van der Waals surface area contributed by atoms with Crippen LogP contribution in [0.3, 0.4) is 0 Å². The van der Waals surface area contributed by atoms with E-state index in [-0.39, 0.29) is 18.4 Å². The van der Waals surface area contributed by atoms with Crippen molar-refractivity contribution in [1.29, 1.82) is 0 Å². The number of nitrogens with one attached hydrogen (secondary N) is 2. The molecule has 3 rings (SSSR count). The molecule has 0 aliphatic rings. The zero-order chi connectivity index (χ0) is 22.2. The van der Waals surface area contributed by atoms with E-state index in [2.05, 4.69) is 38.4 Å². The van der Waals surface area contributed by atoms with Crippen molar-refractivity contribution in [2.45, 2.75) is 0 Å². The molecule has 3 aromatic rings. The molecule has 2 N–H and O–H groups in total. The number of hydrogen-bond acceptors (Lipinski definition) is 4. The number of rotatable bonds is 7. The van der Waals surface area contributed by atoms with Gasteiger partial charge in [0.15, 0.2) is 6.61 Å². The van der Waals surface area contributed by atoms with Crippen LogP contribution in [0.25, 0.3) is 0 Å². The summed E-state index contributed by atoms with van der Waals surface area (Å²) < 4.78 is 6.44. The number of carbonyl (C=O) groups excluding carboxylic acids is 2. The Labute approximate surface area is 202 Å². The van der Waals surface area contributed by atoms with E-state index in [0.717, 1.165) is 9.13 Å². The molecule has 0 aliphatic heterocycles. The van der Waals surface area contributed by atoms with Crippen molar-refractivity contribution < 1.29 is 14.3 Å². The molecule has 3 aromatic carbocycles. The second-order valence-corrected chi connectivity index (χ2v) is 8.33. The van der Waals surface area contributed by atoms with Crippen LogP contribution < -0.4 is 15.5 Å². The van der Waals surface area contributed by atoms with E-state index in [1.807, 2.05) is 12.1 Å². The molecule has 0 radical (unpaired) electrons. The van der Waals surface area contributed by atoms with Crippen molar-refractivity contribution in [3.63, 3.8) is 0 Å². The van der Waals surface area contributed by atoms with E-state index in [4.69, 9.17) is 27.9 Å². The lowest BCUT2D eigenvalue weighted by atomic mass is 10.2. The summed E-state index contributed by atoms with van der Waals surface area (Å²) in [5.41, 5.74) is 4.19. The molecule has 31 heavy (non-hydrogen) atoms. The van der Waals surface area contributed by atoms with Crippen molar-refractivity contribution in [2.75, 3.05) is 11.9 Å². The SMILES string of the molecule is O=C(COc1ccc(/C=N\NC(=O)c2cccc(I)c2)cc1)Nc1cc(Cl)ccc1Cl. The average molecular weight is 568 g/mol. The number of ether oxygens (including phenoxy) is 1. The van der Waals surface area contributed by atoms with Gasteiger partial charge in [-0.05, 0) is 88.8 Å². The number of hydrazone groups is 1. The molecular formula is C22H16Cl2IN3O3. The maximum Gasteiger partial charge on any atom is 0.271 e. The van der Waals surface area contributed by atoms with E-state index in [1.54, 1.807) is 54.6 Å². The summed E-state index contributed by atoms with van der Waals surface area (Å²) in [4.78, 5) is 24.1. The normalized spacial score (nSPS) is 10.7. The van der Waals surface area contributed by atoms with Gasteiger partial charge in [0, 0.05) is 14.2 Å². The molecular weight excluding hydrogens is 552 g/mol. The van der Waals surface area contributed by atoms with Gasteiger partial charge in [-0.1, -0.05) is 29.3 Å². The third-order valence-electron chi connectivity index (χ3n) is 3.92. The highest BCUT2D eigenvalue weighted by molar-refractivity contribution is 14.1. The van der Waals surface area contributed by atoms with Crippen LogP contribution in [0, 0.1) is 3.57 Å². The van der Waals surface area contributed by atoms with Crippen LogP contribution in [0.1, 0.15) is 15.9 Å². The van der Waals surface area contributed by atoms with Gasteiger partial charge in [0.05, 0.1) is 16.9 Å². The molecule has 0 aliphatic carbocycles. The van der Waals surface area contributed by atoms with Crippen LogP contribution in [-0.4, -0.2) is 24.6 Å². The molecule has 0 fully saturated rings. The molecule has 9 heteroatoms. The zero-order valence-corrected chi connectivity index (χ0v) is 19.6. The minimum atomic E-state index is -0.368. The highest BCUT2D eigenvalue weighted by Crippen LogP contribution is 2.25. The summed E-state index contributed by atoms with van der Waals surface area (Å²) in [6.07, 6.45) is 1.52. The standard InChI is InChI=1S/C22H16Cl2IN3O3/c23-16-6-9-19(24)20(11-16)27-21(29)13-31-18-7-4-14(5-8-18)12-26-28-22(30)15-2-1-3-17(25)10-15/h1-12H,13H2,(H,27,29)(H,28,30)/b26-12-. The van der Waals surface area contributed by atoms with E-state index >= 15 is 0 Å². The van der Waals surface area contributed by atoms with Gasteiger partial charge in [0.2, 0.25) is 0 Å². The van der Waals surface area contributed by atoms with Crippen molar-refractivity contribution in [2.24, 2.45) is 5.10 Å². The summed E-state index contributed by atoms with van der Waals surface area (Å²) in [5, 5.41) is 7.45. The largest absolute Gasteiger partial charge is 0.484 e. The van der Waals surface area contributed by atoms with Crippen LogP contribution in [0.4, 0.5) is 5.69 Å². The number of halogens is 3. The van der Waals surface area contributed by atoms with Gasteiger partial charge >= 0.3 is 0 Å². The first kappa shape index (κ1) is 23.1. The fourth-order valence-corrected chi connectivity index (χ4v) is 3.32. The quantitative estimate of drug-likeness (QED) is 0.228. The Kier molecular flexibility index (Phi) is 8.27. The number of amides is 2. The minimum Gasteiger partial charge on any atom is -0.484 e. The highest BCUT2D eigenvalue weighted by Gasteiger charge is 2.08. The maximum absolute atomic E-state index is 12.1. The monoisotopic (exact) mass is 567 g/mol. The van der Waals surface area contributed by atoms with Gasteiger partial charge in [-0.15, -0.1) is 0 Å². The van der Waals surface area contributed by atoms with Crippen molar-refractivity contribution in [1.82, 2.24) is 5.43 Å². The molecule has 2 amide bonds. The molecule has 0 bridgehead atoms. The molecule has 6 nitrogen and oxygen atoms in total. The van der Waals surface area contributed by atoms with Gasteiger partial charge in [-0.2, -0.15) is 5.10 Å². The topological polar surface area (TPSA) is 79.8 Å². The third kappa shape index (κ3) is 7.23. The summed E-state index contributed by atoms with van der Waals surface area (Å²) in [7, 11) is 0. The summed E-state index contributed by atoms with van der Waals surface area (Å²) in [6, 6.07) is 18.9. The molecule has 0 atom stereocenters. The summed E-state index contributed by atoms with van der Waals surface area (Å²) in [6.45, 7) is -0.192. The van der Waals surface area contributed by atoms with Crippen molar-refractivity contribution in [3.8, 4) is 5.75 Å². The van der Waals surface area contributed by atoms with Crippen LogP contribution in [0.5, 0.6) is 5.75 Å². The Morgan fingerprint density at radius 1 is 1.03 bits per heavy atom. The van der Waals surface area contributed by atoms with Gasteiger partial charge in [-0.25, -0.2) is 5.43 Å². The summed E-state index contributed by atoms with van der Waals surface area (Å²) in [5.74, 6) is -0.152. The fourth-order valence-electron chi connectivity index (χ4n) is 2.44. The first-order chi connectivity index (χ1) is 14.9. The lowest BCUT2D eigenvalue weighted by Gasteiger charge is -2.09. The molecule has 0 spiro atoms. The Morgan fingerprint density at radius 2 is 1.81 bits per heavy atom. The number of hydrogen-bond donors (Lipinski definition) is 2. The Balaban J connectivity index is 1.48. The molecule has 0 unspecified atom stereocenters. The lowest BCUT2D eigenvalue weighted by molar-refractivity contribution is -0.118. The van der Waals surface area contributed by atoms with E-state index in [0.29, 0.717) is 27.0 Å². The number of benzene rings is 3. The van der Waals surface area contributed by atoms with E-state index in [1.165, 1.54) is 6.21 Å². The predicted octanol–water partition coefficient (Wildman–Crippen LogP) is 5.38. The van der Waals surface area contributed by atoms with Crippen LogP contribution >= 0.6 is 45.8 Å². The van der Waals surface area contributed by atoms with Gasteiger partial charge in [0.25, 0.3) is 11.8 Å². The Hall–Kier alpha value is -2.62. The first-order valence-electron chi connectivity index (χ1n) is 8.97. The smallest absolute Gasteiger partial charge is 0.271 e. The molecule has 0 aromatic heterocycles. The van der Waals surface area contributed by atoms with E-state index in [9.17, 15) is 9.59 Å². The first-order valence-corrected chi connectivity index (χ1v) is 10.8. The van der Waals surface area contributed by atoms with E-state index < -0.39 is 0 Å². The minimum absolute atomic E-state index is 0.192. The molecule has 0 saturated heterocycles. The molecule has 158 valence electrons. The third-order valence-corrected chi connectivity index (χ3v) is 5.15. The number of nitrogens with zero attached hydrogens (tertiary/aromatic N) is 1. The highest BCUT2D eigenvalue weighted by atomic mass is 127. The Bertz CT molecular complexity index is 1120. The second kappa shape index (κ2) is 11.1. The fraction of sp³-hybridized carbons (Fsp3) is 0.0455. The van der Waals surface area contributed by atoms with Crippen molar-refractivity contribution in [3.05, 3.63) is 91.5 Å². The van der Waals surface area contributed by atoms with Crippen LogP contribution in [0.15, 0.2) is 71.8 Å². The Morgan fingerprint density at radius 3 is 2.55 bits per heavy atom. The molecule has 0 saturated carbocycles. The average Bonchev–Trinajstić information content (AvgIpc) is 2.75. The van der Waals surface area contributed by atoms with Crippen LogP contribution in [0.2, 0.25) is 10.0 Å². The zero-order valence-electron chi connectivity index (χ0n) is 15.9.